The zero-order valence-corrected chi connectivity index (χ0v) is 14.8. The minimum absolute atomic E-state index is 0.0988. The number of anilines is 1. The standard InChI is InChI=1S/C17H26N6O/c1-5-14(6-2)17(24)19-8-7-18-15-10-16(21-11-20-15)23-13(4)9-12(3)22-23/h9-11,14H,5-8H2,1-4H3,(H,19,24)(H,18,20,21). The Morgan fingerprint density at radius 2 is 1.92 bits per heavy atom. The number of nitrogens with one attached hydrogen (secondary N) is 2. The highest BCUT2D eigenvalue weighted by atomic mass is 16.1. The highest BCUT2D eigenvalue weighted by Gasteiger charge is 2.12. The van der Waals surface area contributed by atoms with Crippen molar-refractivity contribution < 1.29 is 4.79 Å². The van der Waals surface area contributed by atoms with E-state index in [0.717, 1.165) is 30.0 Å². The number of aryl methyl sites for hydroxylation is 2. The van der Waals surface area contributed by atoms with Gasteiger partial charge in [-0.05, 0) is 32.8 Å². The number of hydrogen-bond acceptors (Lipinski definition) is 5. The van der Waals surface area contributed by atoms with Crippen molar-refractivity contribution in [2.75, 3.05) is 18.4 Å². The molecule has 0 atom stereocenters. The van der Waals surface area contributed by atoms with Crippen molar-refractivity contribution in [2.45, 2.75) is 40.5 Å². The van der Waals surface area contributed by atoms with Gasteiger partial charge in [0.25, 0.3) is 0 Å². The van der Waals surface area contributed by atoms with Crippen molar-refractivity contribution in [3.05, 3.63) is 29.8 Å². The molecule has 1 amide bonds. The number of carbonyl (C=O) groups excluding carboxylic acids is 1. The second-order valence-corrected chi connectivity index (χ2v) is 5.83. The van der Waals surface area contributed by atoms with Crippen LogP contribution in [0.25, 0.3) is 5.82 Å². The third-order valence-electron chi connectivity index (χ3n) is 3.97. The van der Waals surface area contributed by atoms with Gasteiger partial charge in [-0.1, -0.05) is 13.8 Å². The molecule has 0 aliphatic carbocycles. The summed E-state index contributed by atoms with van der Waals surface area (Å²) in [4.78, 5) is 20.4. The van der Waals surface area contributed by atoms with Gasteiger partial charge in [0.2, 0.25) is 5.91 Å². The zero-order chi connectivity index (χ0) is 17.5. The fourth-order valence-corrected chi connectivity index (χ4v) is 2.60. The summed E-state index contributed by atoms with van der Waals surface area (Å²) >= 11 is 0. The first-order chi connectivity index (χ1) is 11.5. The third-order valence-corrected chi connectivity index (χ3v) is 3.97. The second kappa shape index (κ2) is 8.42. The van der Waals surface area contributed by atoms with Crippen LogP contribution in [0.5, 0.6) is 0 Å². The molecule has 2 rings (SSSR count). The molecule has 0 aliphatic rings. The quantitative estimate of drug-likeness (QED) is 0.725. The van der Waals surface area contributed by atoms with E-state index in [4.69, 9.17) is 0 Å². The molecule has 0 aliphatic heterocycles. The van der Waals surface area contributed by atoms with Crippen LogP contribution >= 0.6 is 0 Å². The first kappa shape index (κ1) is 17.9. The number of amides is 1. The van der Waals surface area contributed by atoms with Gasteiger partial charge in [-0.3, -0.25) is 4.79 Å². The first-order valence-corrected chi connectivity index (χ1v) is 8.42. The Morgan fingerprint density at radius 3 is 2.54 bits per heavy atom. The predicted molar refractivity (Wildman–Crippen MR) is 94.2 cm³/mol. The van der Waals surface area contributed by atoms with Gasteiger partial charge in [-0.25, -0.2) is 14.6 Å². The lowest BCUT2D eigenvalue weighted by atomic mass is 10.0. The molecule has 7 heteroatoms. The third kappa shape index (κ3) is 4.53. The Hall–Kier alpha value is -2.44. The monoisotopic (exact) mass is 330 g/mol. The number of aromatic nitrogens is 4. The van der Waals surface area contributed by atoms with Crippen LogP contribution in [0.2, 0.25) is 0 Å². The average molecular weight is 330 g/mol. The molecule has 7 nitrogen and oxygen atoms in total. The van der Waals surface area contributed by atoms with Gasteiger partial charge in [-0.2, -0.15) is 5.10 Å². The summed E-state index contributed by atoms with van der Waals surface area (Å²) in [5, 5.41) is 10.6. The molecule has 2 aromatic heterocycles. The average Bonchev–Trinajstić information content (AvgIpc) is 2.91. The van der Waals surface area contributed by atoms with Gasteiger partial charge in [0.1, 0.15) is 12.1 Å². The van der Waals surface area contributed by atoms with Crippen LogP contribution in [-0.2, 0) is 4.79 Å². The molecular weight excluding hydrogens is 304 g/mol. The molecule has 2 N–H and O–H groups in total. The molecule has 0 radical (unpaired) electrons. The minimum atomic E-state index is 0.0988. The number of carbonyl (C=O) groups is 1. The molecule has 0 saturated carbocycles. The second-order valence-electron chi connectivity index (χ2n) is 5.83. The highest BCUT2D eigenvalue weighted by molar-refractivity contribution is 5.78. The fourth-order valence-electron chi connectivity index (χ4n) is 2.60. The maximum Gasteiger partial charge on any atom is 0.223 e. The van der Waals surface area contributed by atoms with Crippen LogP contribution in [0.1, 0.15) is 38.1 Å². The summed E-state index contributed by atoms with van der Waals surface area (Å²) in [6.07, 6.45) is 3.25. The summed E-state index contributed by atoms with van der Waals surface area (Å²) in [6.45, 7) is 9.18. The summed E-state index contributed by atoms with van der Waals surface area (Å²) in [5.74, 6) is 1.65. The lowest BCUT2D eigenvalue weighted by Crippen LogP contribution is -2.33. The van der Waals surface area contributed by atoms with Gasteiger partial charge in [0, 0.05) is 30.8 Å². The number of hydrogen-bond donors (Lipinski definition) is 2. The van der Waals surface area contributed by atoms with E-state index in [0.29, 0.717) is 18.9 Å². The SMILES string of the molecule is CCC(CC)C(=O)NCCNc1cc(-n2nc(C)cc2C)ncn1. The molecule has 0 saturated heterocycles. The van der Waals surface area contributed by atoms with Crippen LogP contribution in [0, 0.1) is 19.8 Å². The van der Waals surface area contributed by atoms with Crippen LogP contribution < -0.4 is 10.6 Å². The Labute approximate surface area is 142 Å². The number of rotatable bonds is 8. The molecule has 130 valence electrons. The normalized spacial score (nSPS) is 10.9. The zero-order valence-electron chi connectivity index (χ0n) is 14.8. The molecule has 24 heavy (non-hydrogen) atoms. The van der Waals surface area contributed by atoms with E-state index in [1.807, 2.05) is 39.8 Å². The Balaban J connectivity index is 1.89. The molecule has 0 bridgehead atoms. The molecule has 2 heterocycles. The minimum Gasteiger partial charge on any atom is -0.368 e. The maximum absolute atomic E-state index is 11.9. The topological polar surface area (TPSA) is 84.7 Å². The van der Waals surface area contributed by atoms with Crippen molar-refractivity contribution in [2.24, 2.45) is 5.92 Å². The van der Waals surface area contributed by atoms with Crippen LogP contribution in [0.4, 0.5) is 5.82 Å². The van der Waals surface area contributed by atoms with Crippen molar-refractivity contribution in [3.63, 3.8) is 0 Å². The van der Waals surface area contributed by atoms with E-state index in [2.05, 4.69) is 25.7 Å². The Kier molecular flexibility index (Phi) is 6.28. The van der Waals surface area contributed by atoms with E-state index < -0.39 is 0 Å². The summed E-state index contributed by atoms with van der Waals surface area (Å²) < 4.78 is 1.79. The summed E-state index contributed by atoms with van der Waals surface area (Å²) in [5.41, 5.74) is 1.97. The van der Waals surface area contributed by atoms with Crippen molar-refractivity contribution in [1.82, 2.24) is 25.1 Å². The summed E-state index contributed by atoms with van der Waals surface area (Å²) in [7, 11) is 0. The number of nitrogens with zero attached hydrogens (tertiary/aromatic N) is 4. The maximum atomic E-state index is 11.9. The van der Waals surface area contributed by atoms with E-state index in [1.165, 1.54) is 6.33 Å². The van der Waals surface area contributed by atoms with Gasteiger partial charge >= 0.3 is 0 Å². The molecule has 0 fully saturated rings. The molecule has 0 spiro atoms. The van der Waals surface area contributed by atoms with E-state index >= 15 is 0 Å². The molecule has 0 aromatic carbocycles. The molecule has 0 unspecified atom stereocenters. The van der Waals surface area contributed by atoms with Gasteiger partial charge in [0.05, 0.1) is 5.69 Å². The van der Waals surface area contributed by atoms with Crippen LogP contribution in [-0.4, -0.2) is 38.7 Å². The van der Waals surface area contributed by atoms with Gasteiger partial charge < -0.3 is 10.6 Å². The van der Waals surface area contributed by atoms with Crippen LogP contribution in [0.15, 0.2) is 18.5 Å². The summed E-state index contributed by atoms with van der Waals surface area (Å²) in [6, 6.07) is 3.85. The predicted octanol–water partition coefficient (Wildman–Crippen LogP) is 2.24. The van der Waals surface area contributed by atoms with Crippen molar-refractivity contribution in [3.8, 4) is 5.82 Å². The van der Waals surface area contributed by atoms with Gasteiger partial charge in [-0.15, -0.1) is 0 Å². The first-order valence-electron chi connectivity index (χ1n) is 8.42. The lowest BCUT2D eigenvalue weighted by Gasteiger charge is -2.13. The fraction of sp³-hybridized carbons (Fsp3) is 0.529. The van der Waals surface area contributed by atoms with Crippen molar-refractivity contribution >= 4 is 11.7 Å². The largest absolute Gasteiger partial charge is 0.368 e. The molecular formula is C17H26N6O. The van der Waals surface area contributed by atoms with Crippen LogP contribution in [0.3, 0.4) is 0 Å². The highest BCUT2D eigenvalue weighted by Crippen LogP contribution is 2.12. The molecule has 2 aromatic rings. The van der Waals surface area contributed by atoms with E-state index in [9.17, 15) is 4.79 Å². The Morgan fingerprint density at radius 1 is 1.17 bits per heavy atom. The van der Waals surface area contributed by atoms with Crippen molar-refractivity contribution in [1.29, 1.82) is 0 Å². The lowest BCUT2D eigenvalue weighted by molar-refractivity contribution is -0.125. The van der Waals surface area contributed by atoms with E-state index in [1.54, 1.807) is 4.68 Å². The van der Waals surface area contributed by atoms with E-state index in [-0.39, 0.29) is 11.8 Å². The Bertz CT molecular complexity index is 677. The smallest absolute Gasteiger partial charge is 0.223 e. The van der Waals surface area contributed by atoms with Gasteiger partial charge in [0.15, 0.2) is 5.82 Å².